The Balaban J connectivity index is 1.73. The van der Waals surface area contributed by atoms with Gasteiger partial charge in [0.05, 0.1) is 0 Å². The van der Waals surface area contributed by atoms with Crippen molar-refractivity contribution in [3.05, 3.63) is 35.4 Å². The second-order valence-corrected chi connectivity index (χ2v) is 7.38. The summed E-state index contributed by atoms with van der Waals surface area (Å²) in [5.41, 5.74) is 0.676. The predicted octanol–water partition coefficient (Wildman–Crippen LogP) is 2.02. The zero-order valence-electron chi connectivity index (χ0n) is 15.0. The van der Waals surface area contributed by atoms with E-state index in [0.717, 1.165) is 28.9 Å². The minimum atomic E-state index is -1.12. The Morgan fingerprint density at radius 1 is 1.20 bits per heavy atom. The third-order valence-electron chi connectivity index (χ3n) is 5.33. The fourth-order valence-corrected chi connectivity index (χ4v) is 3.42. The average Bonchev–Trinajstić information content (AvgIpc) is 2.80. The molecule has 25 heavy (non-hydrogen) atoms. The Bertz CT molecular complexity index is 692. The quantitative estimate of drug-likeness (QED) is 0.854. The van der Waals surface area contributed by atoms with Crippen LogP contribution in [0.5, 0.6) is 0 Å². The lowest BCUT2D eigenvalue weighted by Gasteiger charge is -2.31. The van der Waals surface area contributed by atoms with Gasteiger partial charge in [-0.25, -0.2) is 4.79 Å². The Hall–Kier alpha value is -2.37. The molecule has 4 amide bonds. The molecule has 6 nitrogen and oxygen atoms in total. The second-order valence-electron chi connectivity index (χ2n) is 7.38. The average molecular weight is 343 g/mol. The van der Waals surface area contributed by atoms with E-state index in [1.54, 1.807) is 11.8 Å². The molecule has 0 saturated carbocycles. The molecule has 1 aromatic carbocycles. The van der Waals surface area contributed by atoms with Crippen LogP contribution in [-0.2, 0) is 15.1 Å². The molecule has 0 radical (unpaired) electrons. The summed E-state index contributed by atoms with van der Waals surface area (Å²) in [4.78, 5) is 40.5. The summed E-state index contributed by atoms with van der Waals surface area (Å²) in [6.45, 7) is 7.01. The minimum absolute atomic E-state index is 0.163. The lowest BCUT2D eigenvalue weighted by Crippen LogP contribution is -2.46. The molecule has 0 aliphatic carbocycles. The number of amides is 4. The third kappa shape index (κ3) is 3.25. The van der Waals surface area contributed by atoms with Crippen molar-refractivity contribution in [2.75, 3.05) is 19.6 Å². The number of imide groups is 1. The summed E-state index contributed by atoms with van der Waals surface area (Å²) in [5, 5.41) is 2.75. The zero-order valence-corrected chi connectivity index (χ0v) is 15.0. The Morgan fingerprint density at radius 3 is 2.40 bits per heavy atom. The number of hydrogen-bond acceptors (Lipinski definition) is 3. The highest BCUT2D eigenvalue weighted by Gasteiger charge is 2.49. The molecule has 0 spiro atoms. The van der Waals surface area contributed by atoms with Crippen LogP contribution in [0.1, 0.15) is 37.8 Å². The molecule has 3 rings (SSSR count). The summed E-state index contributed by atoms with van der Waals surface area (Å²) in [6.07, 6.45) is 1.93. The molecule has 2 saturated heterocycles. The van der Waals surface area contributed by atoms with Gasteiger partial charge in [0.15, 0.2) is 0 Å². The summed E-state index contributed by atoms with van der Waals surface area (Å²) in [5.74, 6) is 0.0780. The Kier molecular flexibility index (Phi) is 4.54. The zero-order chi connectivity index (χ0) is 18.2. The normalized spacial score (nSPS) is 24.6. The number of aryl methyl sites for hydroxylation is 1. The SMILES string of the molecule is Cc1ccc([C@@]2(C)NC(=O)N(CC(=O)N3CCC(C)CC3)C2=O)cc1. The van der Waals surface area contributed by atoms with Gasteiger partial charge in [0.2, 0.25) is 5.91 Å². The van der Waals surface area contributed by atoms with E-state index < -0.39 is 11.6 Å². The van der Waals surface area contributed by atoms with E-state index in [1.807, 2.05) is 31.2 Å². The van der Waals surface area contributed by atoms with Crippen LogP contribution in [0.4, 0.5) is 4.79 Å². The van der Waals surface area contributed by atoms with E-state index in [0.29, 0.717) is 19.0 Å². The maximum atomic E-state index is 12.9. The molecule has 134 valence electrons. The van der Waals surface area contributed by atoms with E-state index >= 15 is 0 Å². The van der Waals surface area contributed by atoms with Crippen LogP contribution < -0.4 is 5.32 Å². The predicted molar refractivity (Wildman–Crippen MR) is 93.8 cm³/mol. The van der Waals surface area contributed by atoms with Crippen molar-refractivity contribution < 1.29 is 14.4 Å². The van der Waals surface area contributed by atoms with E-state index in [9.17, 15) is 14.4 Å². The lowest BCUT2D eigenvalue weighted by molar-refractivity contribution is -0.139. The summed E-state index contributed by atoms with van der Waals surface area (Å²) in [6, 6.07) is 6.98. The van der Waals surface area contributed by atoms with E-state index in [1.165, 1.54) is 0 Å². The van der Waals surface area contributed by atoms with Gasteiger partial charge in [-0.1, -0.05) is 36.8 Å². The van der Waals surface area contributed by atoms with Gasteiger partial charge in [-0.05, 0) is 38.2 Å². The molecule has 1 atom stereocenters. The van der Waals surface area contributed by atoms with E-state index in [-0.39, 0.29) is 18.4 Å². The molecule has 2 aliphatic rings. The number of carbonyl (C=O) groups is 3. The summed E-state index contributed by atoms with van der Waals surface area (Å²) in [7, 11) is 0. The first kappa shape index (κ1) is 17.5. The van der Waals surface area contributed by atoms with Crippen LogP contribution in [-0.4, -0.2) is 47.3 Å². The van der Waals surface area contributed by atoms with Crippen molar-refractivity contribution >= 4 is 17.8 Å². The standard InChI is InChI=1S/C19H25N3O3/c1-13-4-6-15(7-5-13)19(3)17(24)22(18(25)20-19)12-16(23)21-10-8-14(2)9-11-21/h4-7,14H,8-12H2,1-3H3,(H,20,25)/t19-/m1/s1. The van der Waals surface area contributed by atoms with Gasteiger partial charge >= 0.3 is 6.03 Å². The lowest BCUT2D eigenvalue weighted by atomic mass is 9.91. The molecular weight excluding hydrogens is 318 g/mol. The fourth-order valence-electron chi connectivity index (χ4n) is 3.42. The van der Waals surface area contributed by atoms with E-state index in [4.69, 9.17) is 0 Å². The van der Waals surface area contributed by atoms with Crippen LogP contribution in [0.2, 0.25) is 0 Å². The first-order valence-corrected chi connectivity index (χ1v) is 8.80. The summed E-state index contributed by atoms with van der Waals surface area (Å²) >= 11 is 0. The highest BCUT2D eigenvalue weighted by atomic mass is 16.2. The van der Waals surface area contributed by atoms with Crippen molar-refractivity contribution in [2.45, 2.75) is 39.2 Å². The second kappa shape index (κ2) is 6.50. The summed E-state index contributed by atoms with van der Waals surface area (Å²) < 4.78 is 0. The highest BCUT2D eigenvalue weighted by Crippen LogP contribution is 2.29. The monoisotopic (exact) mass is 343 g/mol. The molecule has 0 unspecified atom stereocenters. The molecule has 0 bridgehead atoms. The van der Waals surface area contributed by atoms with Gasteiger partial charge in [-0.3, -0.25) is 14.5 Å². The van der Waals surface area contributed by atoms with Crippen molar-refractivity contribution in [3.63, 3.8) is 0 Å². The number of rotatable bonds is 3. The van der Waals surface area contributed by atoms with Crippen LogP contribution >= 0.6 is 0 Å². The molecule has 1 aromatic rings. The van der Waals surface area contributed by atoms with Gasteiger partial charge in [-0.15, -0.1) is 0 Å². The number of nitrogens with zero attached hydrogens (tertiary/aromatic N) is 2. The number of carbonyl (C=O) groups excluding carboxylic acids is 3. The van der Waals surface area contributed by atoms with E-state index in [2.05, 4.69) is 12.2 Å². The first-order valence-electron chi connectivity index (χ1n) is 8.80. The molecule has 2 aliphatic heterocycles. The topological polar surface area (TPSA) is 69.7 Å². The number of nitrogens with one attached hydrogen (secondary N) is 1. The van der Waals surface area contributed by atoms with Gasteiger partial charge in [0.1, 0.15) is 12.1 Å². The molecule has 0 aromatic heterocycles. The molecule has 2 heterocycles. The van der Waals surface area contributed by atoms with Crippen molar-refractivity contribution in [3.8, 4) is 0 Å². The Labute approximate surface area is 148 Å². The van der Waals surface area contributed by atoms with Gasteiger partial charge < -0.3 is 10.2 Å². The van der Waals surface area contributed by atoms with Crippen LogP contribution in [0.25, 0.3) is 0 Å². The number of urea groups is 1. The largest absolute Gasteiger partial charge is 0.341 e. The van der Waals surface area contributed by atoms with Gasteiger partial charge in [-0.2, -0.15) is 0 Å². The number of piperidine rings is 1. The van der Waals surface area contributed by atoms with Crippen molar-refractivity contribution in [2.24, 2.45) is 5.92 Å². The van der Waals surface area contributed by atoms with Gasteiger partial charge in [0.25, 0.3) is 5.91 Å². The van der Waals surface area contributed by atoms with Crippen LogP contribution in [0, 0.1) is 12.8 Å². The Morgan fingerprint density at radius 2 is 1.80 bits per heavy atom. The third-order valence-corrected chi connectivity index (χ3v) is 5.33. The highest BCUT2D eigenvalue weighted by molar-refractivity contribution is 6.09. The number of likely N-dealkylation sites (tertiary alicyclic amines) is 1. The number of hydrogen-bond donors (Lipinski definition) is 1. The molecule has 1 N–H and O–H groups in total. The maximum absolute atomic E-state index is 12.9. The number of benzene rings is 1. The van der Waals surface area contributed by atoms with Crippen molar-refractivity contribution in [1.29, 1.82) is 0 Å². The first-order chi connectivity index (χ1) is 11.8. The van der Waals surface area contributed by atoms with Gasteiger partial charge in [0, 0.05) is 13.1 Å². The van der Waals surface area contributed by atoms with Crippen LogP contribution in [0.15, 0.2) is 24.3 Å². The molecule has 2 fully saturated rings. The molecular formula is C19H25N3O3. The van der Waals surface area contributed by atoms with Crippen LogP contribution in [0.3, 0.4) is 0 Å². The smallest absolute Gasteiger partial charge is 0.325 e. The van der Waals surface area contributed by atoms with Crippen molar-refractivity contribution in [1.82, 2.24) is 15.1 Å². The molecule has 6 heteroatoms. The maximum Gasteiger partial charge on any atom is 0.325 e. The minimum Gasteiger partial charge on any atom is -0.341 e. The fraction of sp³-hybridized carbons (Fsp3) is 0.526.